The molecule has 1 aromatic carbocycles. The second kappa shape index (κ2) is 5.78. The summed E-state index contributed by atoms with van der Waals surface area (Å²) < 4.78 is 52.4. The van der Waals surface area contributed by atoms with Crippen LogP contribution in [0.25, 0.3) is 0 Å². The average Bonchev–Trinajstić information content (AvgIpc) is 3.04. The van der Waals surface area contributed by atoms with Crippen molar-refractivity contribution in [2.24, 2.45) is 5.41 Å². The number of hydrogen-bond acceptors (Lipinski definition) is 5. The van der Waals surface area contributed by atoms with E-state index in [0.717, 1.165) is 17.1 Å². The van der Waals surface area contributed by atoms with E-state index in [1.807, 2.05) is 0 Å². The Balaban J connectivity index is 2.02. The summed E-state index contributed by atoms with van der Waals surface area (Å²) in [6.45, 7) is 5.79. The van der Waals surface area contributed by atoms with Gasteiger partial charge in [-0.2, -0.15) is 4.31 Å². The first kappa shape index (κ1) is 18.3. The molecule has 1 amide bonds. The lowest BCUT2D eigenvalue weighted by Gasteiger charge is -2.20. The highest BCUT2D eigenvalue weighted by molar-refractivity contribution is 7.94. The zero-order valence-corrected chi connectivity index (χ0v) is 16.2. The lowest BCUT2D eigenvalue weighted by atomic mass is 9.95. The number of carbonyl (C=O) groups excluding carboxylic acids is 1. The highest BCUT2D eigenvalue weighted by Crippen LogP contribution is 2.37. The number of aryl methyl sites for hydroxylation is 1. The maximum absolute atomic E-state index is 12.7. The summed E-state index contributed by atoms with van der Waals surface area (Å²) >= 11 is 0. The van der Waals surface area contributed by atoms with Gasteiger partial charge in [0.2, 0.25) is 26.0 Å². The van der Waals surface area contributed by atoms with Crippen LogP contribution >= 0.6 is 0 Å². The van der Waals surface area contributed by atoms with Crippen molar-refractivity contribution in [3.63, 3.8) is 0 Å². The molecule has 0 spiro atoms. The summed E-state index contributed by atoms with van der Waals surface area (Å²) in [5.74, 6) is -0.756. The van der Waals surface area contributed by atoms with E-state index < -0.39 is 31.4 Å². The summed E-state index contributed by atoms with van der Waals surface area (Å²) in [5.41, 5.74) is -0.377. The Bertz CT molecular complexity index is 929. The molecule has 0 aliphatic carbocycles. The maximum Gasteiger partial charge on any atom is 0.247 e. The number of amides is 1. The lowest BCUT2D eigenvalue weighted by Crippen LogP contribution is -2.33. The van der Waals surface area contributed by atoms with Gasteiger partial charge in [0.15, 0.2) is 0 Å². The summed E-state index contributed by atoms with van der Waals surface area (Å²) in [6, 6.07) is 4.25. The van der Waals surface area contributed by atoms with Gasteiger partial charge in [-0.05, 0) is 57.4 Å². The zero-order valence-electron chi connectivity index (χ0n) is 14.5. The molecule has 7 nitrogen and oxygen atoms in total. The Hall–Kier alpha value is -1.45. The Morgan fingerprint density at radius 1 is 1.12 bits per heavy atom. The van der Waals surface area contributed by atoms with Crippen molar-refractivity contribution in [2.45, 2.75) is 38.5 Å². The molecule has 0 N–H and O–H groups in total. The van der Waals surface area contributed by atoms with Crippen LogP contribution in [0.15, 0.2) is 23.1 Å². The molecule has 25 heavy (non-hydrogen) atoms. The van der Waals surface area contributed by atoms with E-state index in [1.54, 1.807) is 20.8 Å². The second-order valence-corrected chi connectivity index (χ2v) is 11.0. The van der Waals surface area contributed by atoms with Crippen molar-refractivity contribution in [3.8, 4) is 0 Å². The zero-order chi connectivity index (χ0) is 18.6. The van der Waals surface area contributed by atoms with Gasteiger partial charge in [0.05, 0.1) is 21.8 Å². The van der Waals surface area contributed by atoms with Gasteiger partial charge in [0.25, 0.3) is 0 Å². The normalized spacial score (nSPS) is 23.3. The fraction of sp³-hybridized carbons (Fsp3) is 0.562. The number of benzene rings is 1. The van der Waals surface area contributed by atoms with Crippen LogP contribution < -0.4 is 4.31 Å². The van der Waals surface area contributed by atoms with Crippen LogP contribution in [0.5, 0.6) is 0 Å². The maximum atomic E-state index is 12.7. The molecule has 0 unspecified atom stereocenters. The molecule has 0 radical (unpaired) electrons. The van der Waals surface area contributed by atoms with Crippen LogP contribution in [-0.2, 0) is 24.8 Å². The minimum absolute atomic E-state index is 0.154. The number of rotatable bonds is 3. The van der Waals surface area contributed by atoms with Crippen molar-refractivity contribution in [2.75, 3.05) is 23.1 Å². The van der Waals surface area contributed by atoms with Crippen LogP contribution in [0.2, 0.25) is 0 Å². The fourth-order valence-electron chi connectivity index (χ4n) is 3.38. The quantitative estimate of drug-likeness (QED) is 0.785. The first-order valence-corrected chi connectivity index (χ1v) is 11.2. The number of sulfonamides is 2. The smallest absolute Gasteiger partial charge is 0.247 e. The molecule has 0 aromatic heterocycles. The molecule has 0 bridgehead atoms. The van der Waals surface area contributed by atoms with Crippen LogP contribution in [0.1, 0.15) is 32.3 Å². The number of hydrogen-bond donors (Lipinski definition) is 0. The minimum atomic E-state index is -3.75. The standard InChI is InChI=1S/C16H22N2O5S2/c1-12-10-13(18-15(19)16(2,3)11-24(18,20)21)6-7-14(12)25(22,23)17-8-4-5-9-17/h6-7,10H,4-5,8-9,11H2,1-3H3. The molecule has 1 aromatic rings. The van der Waals surface area contributed by atoms with Gasteiger partial charge in [-0.3, -0.25) is 4.79 Å². The molecule has 138 valence electrons. The van der Waals surface area contributed by atoms with Crippen molar-refractivity contribution in [1.29, 1.82) is 0 Å². The largest absolute Gasteiger partial charge is 0.273 e. The Morgan fingerprint density at radius 3 is 2.20 bits per heavy atom. The SMILES string of the molecule is Cc1cc(N2C(=O)C(C)(C)CS2(=O)=O)ccc1S(=O)(=O)N1CCCC1. The number of anilines is 1. The van der Waals surface area contributed by atoms with E-state index in [0.29, 0.717) is 18.7 Å². The van der Waals surface area contributed by atoms with Gasteiger partial charge < -0.3 is 0 Å². The molecular weight excluding hydrogens is 364 g/mol. The average molecular weight is 386 g/mol. The van der Waals surface area contributed by atoms with E-state index in [4.69, 9.17) is 0 Å². The topological polar surface area (TPSA) is 91.8 Å². The van der Waals surface area contributed by atoms with Gasteiger partial charge in [0, 0.05) is 13.1 Å². The predicted octanol–water partition coefficient (Wildman–Crippen LogP) is 1.48. The first-order chi connectivity index (χ1) is 11.5. The van der Waals surface area contributed by atoms with Gasteiger partial charge in [-0.15, -0.1) is 0 Å². The van der Waals surface area contributed by atoms with Crippen LogP contribution in [0.3, 0.4) is 0 Å². The van der Waals surface area contributed by atoms with Crippen LogP contribution in [0.4, 0.5) is 5.69 Å². The molecule has 0 atom stereocenters. The van der Waals surface area contributed by atoms with Crippen molar-refractivity contribution < 1.29 is 21.6 Å². The van der Waals surface area contributed by atoms with Crippen LogP contribution in [-0.4, -0.2) is 45.9 Å². The summed E-state index contributed by atoms with van der Waals surface area (Å²) in [4.78, 5) is 12.6. The fourth-order valence-corrected chi connectivity index (χ4v) is 7.20. The van der Waals surface area contributed by atoms with E-state index >= 15 is 0 Å². The third-order valence-electron chi connectivity index (χ3n) is 4.66. The third-order valence-corrected chi connectivity index (χ3v) is 8.74. The lowest BCUT2D eigenvalue weighted by molar-refractivity contribution is -0.123. The van der Waals surface area contributed by atoms with Gasteiger partial charge in [0.1, 0.15) is 0 Å². The molecule has 2 aliphatic heterocycles. The Morgan fingerprint density at radius 2 is 1.72 bits per heavy atom. The Kier molecular flexibility index (Phi) is 4.24. The highest BCUT2D eigenvalue weighted by Gasteiger charge is 2.50. The first-order valence-electron chi connectivity index (χ1n) is 8.15. The molecule has 2 fully saturated rings. The van der Waals surface area contributed by atoms with Gasteiger partial charge >= 0.3 is 0 Å². The Labute approximate surface area is 148 Å². The summed E-state index contributed by atoms with van der Waals surface area (Å²) in [7, 11) is -7.35. The van der Waals surface area contributed by atoms with E-state index in [2.05, 4.69) is 0 Å². The predicted molar refractivity (Wildman–Crippen MR) is 94.2 cm³/mol. The van der Waals surface area contributed by atoms with Crippen LogP contribution in [0, 0.1) is 12.3 Å². The third kappa shape index (κ3) is 2.98. The van der Waals surface area contributed by atoms with Crippen molar-refractivity contribution in [1.82, 2.24) is 4.31 Å². The van der Waals surface area contributed by atoms with Crippen molar-refractivity contribution in [3.05, 3.63) is 23.8 Å². The second-order valence-electron chi connectivity index (χ2n) is 7.27. The molecule has 3 rings (SSSR count). The highest BCUT2D eigenvalue weighted by atomic mass is 32.2. The molecular formula is C16H22N2O5S2. The summed E-state index contributed by atoms with van der Waals surface area (Å²) in [5, 5.41) is 0. The molecule has 0 saturated carbocycles. The molecule has 2 heterocycles. The molecule has 9 heteroatoms. The molecule has 2 saturated heterocycles. The summed E-state index contributed by atoms with van der Waals surface area (Å²) in [6.07, 6.45) is 1.68. The monoisotopic (exact) mass is 386 g/mol. The number of nitrogens with zero attached hydrogens (tertiary/aromatic N) is 2. The van der Waals surface area contributed by atoms with Gasteiger partial charge in [-0.1, -0.05) is 0 Å². The van der Waals surface area contributed by atoms with Gasteiger partial charge in [-0.25, -0.2) is 21.1 Å². The van der Waals surface area contributed by atoms with E-state index in [1.165, 1.54) is 22.5 Å². The minimum Gasteiger partial charge on any atom is -0.273 e. The van der Waals surface area contributed by atoms with E-state index in [9.17, 15) is 21.6 Å². The van der Waals surface area contributed by atoms with E-state index in [-0.39, 0.29) is 16.3 Å². The van der Waals surface area contributed by atoms with Crippen molar-refractivity contribution >= 4 is 31.6 Å². The molecule has 2 aliphatic rings. The number of carbonyl (C=O) groups is 1.